The highest BCUT2D eigenvalue weighted by Gasteiger charge is 2.24. The van der Waals surface area contributed by atoms with Crippen LogP contribution in [0.2, 0.25) is 0 Å². The normalized spacial score (nSPS) is 16.0. The summed E-state index contributed by atoms with van der Waals surface area (Å²) in [7, 11) is 0. The summed E-state index contributed by atoms with van der Waals surface area (Å²) in [5.74, 6) is 2.32. The Kier molecular flexibility index (Phi) is 2.90. The van der Waals surface area contributed by atoms with Gasteiger partial charge in [-0.15, -0.1) is 10.2 Å². The molecule has 0 spiro atoms. The molecule has 0 atom stereocenters. The van der Waals surface area contributed by atoms with Crippen LogP contribution in [0.5, 0.6) is 0 Å². The van der Waals surface area contributed by atoms with Gasteiger partial charge >= 0.3 is 0 Å². The highest BCUT2D eigenvalue weighted by Crippen LogP contribution is 2.24. The van der Waals surface area contributed by atoms with Crippen molar-refractivity contribution in [3.8, 4) is 0 Å². The van der Waals surface area contributed by atoms with Crippen LogP contribution in [-0.4, -0.2) is 20.8 Å². The highest BCUT2D eigenvalue weighted by atomic mass is 15.4. The van der Waals surface area contributed by atoms with Gasteiger partial charge in [0.15, 0.2) is 0 Å². The van der Waals surface area contributed by atoms with E-state index in [-0.39, 0.29) is 0 Å². The summed E-state index contributed by atoms with van der Waals surface area (Å²) in [6.45, 7) is 5.74. The zero-order chi connectivity index (χ0) is 10.8. The second-order valence-corrected chi connectivity index (χ2v) is 4.57. The molecule has 1 aliphatic rings. The first-order valence-electron chi connectivity index (χ1n) is 5.59. The van der Waals surface area contributed by atoms with E-state index in [0.717, 1.165) is 18.3 Å². The van der Waals surface area contributed by atoms with Crippen LogP contribution in [0.1, 0.15) is 32.5 Å². The molecule has 15 heavy (non-hydrogen) atoms. The fourth-order valence-corrected chi connectivity index (χ4v) is 1.56. The van der Waals surface area contributed by atoms with E-state index in [1.807, 2.05) is 0 Å². The van der Waals surface area contributed by atoms with Crippen LogP contribution in [0.3, 0.4) is 0 Å². The maximum absolute atomic E-state index is 5.64. The molecule has 1 saturated carbocycles. The van der Waals surface area contributed by atoms with E-state index < -0.39 is 0 Å². The predicted octanol–water partition coefficient (Wildman–Crippen LogP) is 0.967. The smallest absolute Gasteiger partial charge is 0.224 e. The number of nitrogens with one attached hydrogen (secondary N) is 1. The minimum atomic E-state index is 0.450. The third-order valence-corrected chi connectivity index (χ3v) is 2.47. The largest absolute Gasteiger partial charge is 0.352 e. The molecule has 1 fully saturated rings. The summed E-state index contributed by atoms with van der Waals surface area (Å²) in [6, 6.07) is 0.603. The van der Waals surface area contributed by atoms with Gasteiger partial charge in [-0.1, -0.05) is 13.8 Å². The molecule has 0 bridgehead atoms. The number of rotatable bonds is 5. The second kappa shape index (κ2) is 4.18. The number of anilines is 1. The standard InChI is InChI=1S/C10H19N5/c1-7(2)6-15-9(5-11)13-14-10(15)12-8-3-4-8/h7-8H,3-6,11H2,1-2H3,(H,12,14). The van der Waals surface area contributed by atoms with Crippen LogP contribution in [-0.2, 0) is 13.1 Å². The van der Waals surface area contributed by atoms with Crippen LogP contribution in [0.4, 0.5) is 5.95 Å². The summed E-state index contributed by atoms with van der Waals surface area (Å²) in [5, 5.41) is 11.6. The van der Waals surface area contributed by atoms with Gasteiger partial charge < -0.3 is 11.1 Å². The van der Waals surface area contributed by atoms with Crippen molar-refractivity contribution in [1.82, 2.24) is 14.8 Å². The molecule has 0 saturated heterocycles. The Hall–Kier alpha value is -1.10. The molecule has 1 heterocycles. The molecule has 5 nitrogen and oxygen atoms in total. The fourth-order valence-electron chi connectivity index (χ4n) is 1.56. The monoisotopic (exact) mass is 209 g/mol. The molecule has 1 aromatic rings. The third-order valence-electron chi connectivity index (χ3n) is 2.47. The van der Waals surface area contributed by atoms with Gasteiger partial charge in [0.2, 0.25) is 5.95 Å². The number of nitrogens with two attached hydrogens (primary N) is 1. The minimum Gasteiger partial charge on any atom is -0.352 e. The van der Waals surface area contributed by atoms with Gasteiger partial charge in [0.25, 0.3) is 0 Å². The summed E-state index contributed by atoms with van der Waals surface area (Å²) in [5.41, 5.74) is 5.64. The molecule has 84 valence electrons. The summed E-state index contributed by atoms with van der Waals surface area (Å²) >= 11 is 0. The molecule has 5 heteroatoms. The lowest BCUT2D eigenvalue weighted by atomic mass is 10.2. The Morgan fingerprint density at radius 3 is 2.73 bits per heavy atom. The fraction of sp³-hybridized carbons (Fsp3) is 0.800. The zero-order valence-electron chi connectivity index (χ0n) is 9.40. The number of hydrogen-bond donors (Lipinski definition) is 2. The lowest BCUT2D eigenvalue weighted by Gasteiger charge is -2.12. The average Bonchev–Trinajstić information content (AvgIpc) is 2.91. The molecule has 1 aromatic heterocycles. The third kappa shape index (κ3) is 2.47. The Bertz CT molecular complexity index is 327. The molecular formula is C10H19N5. The maximum Gasteiger partial charge on any atom is 0.224 e. The molecule has 2 rings (SSSR count). The lowest BCUT2D eigenvalue weighted by molar-refractivity contribution is 0.510. The SMILES string of the molecule is CC(C)Cn1c(CN)nnc1NC1CC1. The predicted molar refractivity (Wildman–Crippen MR) is 59.4 cm³/mol. The van der Waals surface area contributed by atoms with Gasteiger partial charge in [-0.25, -0.2) is 0 Å². The quantitative estimate of drug-likeness (QED) is 0.758. The first kappa shape index (κ1) is 10.4. The van der Waals surface area contributed by atoms with Gasteiger partial charge in [0.05, 0.1) is 6.54 Å². The molecule has 0 radical (unpaired) electrons. The van der Waals surface area contributed by atoms with Gasteiger partial charge in [-0.05, 0) is 18.8 Å². The van der Waals surface area contributed by atoms with Gasteiger partial charge in [0.1, 0.15) is 5.82 Å². The van der Waals surface area contributed by atoms with Crippen molar-refractivity contribution in [2.24, 2.45) is 11.7 Å². The Labute approximate surface area is 90.1 Å². The molecule has 0 unspecified atom stereocenters. The summed E-state index contributed by atoms with van der Waals surface area (Å²) in [6.07, 6.45) is 2.49. The van der Waals surface area contributed by atoms with Crippen molar-refractivity contribution in [1.29, 1.82) is 0 Å². The Morgan fingerprint density at radius 1 is 1.47 bits per heavy atom. The second-order valence-electron chi connectivity index (χ2n) is 4.57. The van der Waals surface area contributed by atoms with Crippen LogP contribution < -0.4 is 11.1 Å². The summed E-state index contributed by atoms with van der Waals surface area (Å²) < 4.78 is 2.10. The van der Waals surface area contributed by atoms with Crippen LogP contribution in [0.25, 0.3) is 0 Å². The topological polar surface area (TPSA) is 68.8 Å². The number of aromatic nitrogens is 3. The van der Waals surface area contributed by atoms with E-state index in [1.54, 1.807) is 0 Å². The highest BCUT2D eigenvalue weighted by molar-refractivity contribution is 5.29. The van der Waals surface area contributed by atoms with Crippen molar-refractivity contribution < 1.29 is 0 Å². The van der Waals surface area contributed by atoms with E-state index >= 15 is 0 Å². The molecule has 0 aliphatic heterocycles. The van der Waals surface area contributed by atoms with Crippen molar-refractivity contribution in [2.45, 2.75) is 45.8 Å². The van der Waals surface area contributed by atoms with Crippen molar-refractivity contribution in [3.05, 3.63) is 5.82 Å². The van der Waals surface area contributed by atoms with E-state index in [0.29, 0.717) is 18.5 Å². The Balaban J connectivity index is 2.15. The van der Waals surface area contributed by atoms with Gasteiger partial charge in [0, 0.05) is 12.6 Å². The lowest BCUT2D eigenvalue weighted by Crippen LogP contribution is -2.16. The van der Waals surface area contributed by atoms with Gasteiger partial charge in [-0.2, -0.15) is 0 Å². The van der Waals surface area contributed by atoms with E-state index in [1.165, 1.54) is 12.8 Å². The van der Waals surface area contributed by atoms with Crippen molar-refractivity contribution in [2.75, 3.05) is 5.32 Å². The molecule has 1 aliphatic carbocycles. The first-order valence-corrected chi connectivity index (χ1v) is 5.59. The molecule has 0 amide bonds. The van der Waals surface area contributed by atoms with Crippen LogP contribution in [0, 0.1) is 5.92 Å². The molecular weight excluding hydrogens is 190 g/mol. The number of hydrogen-bond acceptors (Lipinski definition) is 4. The van der Waals surface area contributed by atoms with E-state index in [4.69, 9.17) is 5.73 Å². The molecule has 3 N–H and O–H groups in total. The zero-order valence-corrected chi connectivity index (χ0v) is 9.40. The van der Waals surface area contributed by atoms with Crippen molar-refractivity contribution >= 4 is 5.95 Å². The first-order chi connectivity index (χ1) is 7.20. The van der Waals surface area contributed by atoms with E-state index in [2.05, 4.69) is 33.9 Å². The van der Waals surface area contributed by atoms with Gasteiger partial charge in [-0.3, -0.25) is 4.57 Å². The Morgan fingerprint density at radius 2 is 2.20 bits per heavy atom. The van der Waals surface area contributed by atoms with Crippen molar-refractivity contribution in [3.63, 3.8) is 0 Å². The maximum atomic E-state index is 5.64. The summed E-state index contributed by atoms with van der Waals surface area (Å²) in [4.78, 5) is 0. The van der Waals surface area contributed by atoms with Crippen LogP contribution in [0.15, 0.2) is 0 Å². The minimum absolute atomic E-state index is 0.450. The average molecular weight is 209 g/mol. The van der Waals surface area contributed by atoms with E-state index in [9.17, 15) is 0 Å². The van der Waals surface area contributed by atoms with Crippen LogP contribution >= 0.6 is 0 Å². The molecule has 0 aromatic carbocycles. The number of nitrogens with zero attached hydrogens (tertiary/aromatic N) is 3.